The van der Waals surface area contributed by atoms with Crippen molar-refractivity contribution in [2.45, 2.75) is 33.0 Å². The minimum absolute atomic E-state index is 0.194. The average molecular weight is 421 g/mol. The second-order valence-electron chi connectivity index (χ2n) is 8.37. The number of carbonyl (C=O) groups excluding carboxylic acids is 1. The van der Waals surface area contributed by atoms with Crippen LogP contribution in [0.15, 0.2) is 84.5 Å². The smallest absolute Gasteiger partial charge is 0.337 e. The molecule has 1 saturated carbocycles. The molecule has 1 aliphatic rings. The molecule has 0 aromatic heterocycles. The molecule has 0 saturated heterocycles. The Bertz CT molecular complexity index is 840. The van der Waals surface area contributed by atoms with Crippen LogP contribution in [-0.4, -0.2) is 26.3 Å². The van der Waals surface area contributed by atoms with E-state index in [2.05, 4.69) is 37.8 Å². The molecule has 0 bridgehead atoms. The van der Waals surface area contributed by atoms with E-state index in [9.17, 15) is 4.79 Å². The Labute approximate surface area is 185 Å². The molecule has 0 spiro atoms. The van der Waals surface area contributed by atoms with E-state index < -0.39 is 0 Å². The van der Waals surface area contributed by atoms with Crippen molar-refractivity contribution in [1.82, 2.24) is 0 Å². The maximum absolute atomic E-state index is 12.3. The number of benzene rings is 2. The van der Waals surface area contributed by atoms with E-state index in [1.165, 1.54) is 7.11 Å². The minimum Gasteiger partial charge on any atom is -0.465 e. The number of methoxy groups -OCH3 is 1. The van der Waals surface area contributed by atoms with Gasteiger partial charge in [0.25, 0.3) is 0 Å². The van der Waals surface area contributed by atoms with Gasteiger partial charge in [-0.3, -0.25) is 0 Å². The van der Waals surface area contributed by atoms with Gasteiger partial charge in [-0.15, -0.1) is 0 Å². The van der Waals surface area contributed by atoms with E-state index in [1.807, 2.05) is 36.4 Å². The highest BCUT2D eigenvalue weighted by Crippen LogP contribution is 2.47. The minimum atomic E-state index is -0.331. The van der Waals surface area contributed by atoms with Crippen LogP contribution in [0.1, 0.15) is 30.9 Å². The summed E-state index contributed by atoms with van der Waals surface area (Å²) in [6.07, 6.45) is 3.23. The number of carbonyl (C=O) groups is 1. The monoisotopic (exact) mass is 420 g/mol. The lowest BCUT2D eigenvalue weighted by Crippen LogP contribution is -2.30. The van der Waals surface area contributed by atoms with Crippen LogP contribution in [0.3, 0.4) is 0 Å². The van der Waals surface area contributed by atoms with Crippen molar-refractivity contribution in [2.24, 2.45) is 11.3 Å². The predicted octanol–water partition coefficient (Wildman–Crippen LogP) is 5.49. The highest BCUT2D eigenvalue weighted by atomic mass is 16.5. The van der Waals surface area contributed by atoms with Crippen LogP contribution in [0.2, 0.25) is 0 Å². The molecular formula is C27H32O4. The van der Waals surface area contributed by atoms with Crippen molar-refractivity contribution in [1.29, 1.82) is 0 Å². The van der Waals surface area contributed by atoms with Gasteiger partial charge in [-0.2, -0.15) is 0 Å². The lowest BCUT2D eigenvalue weighted by atomic mass is 9.87. The lowest BCUT2D eigenvalue weighted by molar-refractivity contribution is -0.135. The molecule has 0 N–H and O–H groups in total. The molecule has 0 aliphatic heterocycles. The summed E-state index contributed by atoms with van der Waals surface area (Å²) in [5.41, 5.74) is 3.74. The van der Waals surface area contributed by atoms with Gasteiger partial charge in [0.1, 0.15) is 0 Å². The van der Waals surface area contributed by atoms with E-state index >= 15 is 0 Å². The van der Waals surface area contributed by atoms with Crippen LogP contribution in [-0.2, 0) is 32.2 Å². The lowest BCUT2D eigenvalue weighted by Gasteiger charge is -2.29. The van der Waals surface area contributed by atoms with Gasteiger partial charge < -0.3 is 14.2 Å². The summed E-state index contributed by atoms with van der Waals surface area (Å²) >= 11 is 0. The summed E-state index contributed by atoms with van der Waals surface area (Å²) in [7, 11) is 1.41. The summed E-state index contributed by atoms with van der Waals surface area (Å²) in [5, 5.41) is 0. The molecule has 31 heavy (non-hydrogen) atoms. The maximum Gasteiger partial charge on any atom is 0.337 e. The van der Waals surface area contributed by atoms with Gasteiger partial charge >= 0.3 is 5.97 Å². The van der Waals surface area contributed by atoms with Crippen LogP contribution in [0.25, 0.3) is 0 Å². The van der Waals surface area contributed by atoms with Crippen molar-refractivity contribution in [2.75, 3.05) is 20.3 Å². The number of allylic oxidation sites excluding steroid dienone is 1. The fourth-order valence-electron chi connectivity index (χ4n) is 4.42. The summed E-state index contributed by atoms with van der Waals surface area (Å²) in [5.74, 6) is -0.101. The molecule has 2 aromatic carbocycles. The second-order valence-corrected chi connectivity index (χ2v) is 8.37. The number of hydrogen-bond donors (Lipinski definition) is 0. The number of ether oxygens (including phenoxy) is 3. The van der Waals surface area contributed by atoms with E-state index in [4.69, 9.17) is 14.2 Å². The first-order valence-corrected chi connectivity index (χ1v) is 10.7. The first kappa shape index (κ1) is 23.0. The van der Waals surface area contributed by atoms with Crippen molar-refractivity contribution in [3.05, 3.63) is 95.6 Å². The maximum atomic E-state index is 12.3. The molecule has 164 valence electrons. The molecule has 1 atom stereocenters. The van der Waals surface area contributed by atoms with Crippen molar-refractivity contribution in [3.63, 3.8) is 0 Å². The predicted molar refractivity (Wildman–Crippen MR) is 122 cm³/mol. The van der Waals surface area contributed by atoms with Gasteiger partial charge in [0.15, 0.2) is 0 Å². The van der Waals surface area contributed by atoms with Crippen molar-refractivity contribution >= 4 is 5.97 Å². The molecule has 0 amide bonds. The van der Waals surface area contributed by atoms with E-state index in [-0.39, 0.29) is 17.3 Å². The molecule has 2 aromatic rings. The van der Waals surface area contributed by atoms with Crippen LogP contribution in [0, 0.1) is 11.3 Å². The Morgan fingerprint density at radius 2 is 1.52 bits per heavy atom. The zero-order valence-corrected chi connectivity index (χ0v) is 18.5. The van der Waals surface area contributed by atoms with Crippen LogP contribution in [0.5, 0.6) is 0 Å². The molecule has 0 radical (unpaired) electrons. The zero-order chi connectivity index (χ0) is 22.1. The molecule has 1 fully saturated rings. The normalized spacial score (nSPS) is 19.1. The molecule has 4 heteroatoms. The van der Waals surface area contributed by atoms with Crippen LogP contribution >= 0.6 is 0 Å². The first-order valence-electron chi connectivity index (χ1n) is 10.7. The molecule has 1 unspecified atom stereocenters. The SMILES string of the molecule is C=C/C(C(=O)OC)=C1\CC(COCc2ccccc2)(COCc2ccccc2)CC1C. The zero-order valence-electron chi connectivity index (χ0n) is 18.5. The highest BCUT2D eigenvalue weighted by Gasteiger charge is 2.42. The van der Waals surface area contributed by atoms with Crippen LogP contribution < -0.4 is 0 Å². The van der Waals surface area contributed by atoms with Gasteiger partial charge in [-0.1, -0.05) is 85.8 Å². The van der Waals surface area contributed by atoms with Gasteiger partial charge in [-0.25, -0.2) is 4.79 Å². The second kappa shape index (κ2) is 11.1. The number of rotatable bonds is 10. The standard InChI is InChI=1S/C27H32O4/c1-4-24(26(28)29-3)25-16-27(15-21(25)2,19-30-17-22-11-7-5-8-12-22)20-31-18-23-13-9-6-10-14-23/h4-14,21H,1,15-20H2,2-3H3/b25-24-. The Balaban J connectivity index is 1.74. The van der Waals surface area contributed by atoms with E-state index in [0.717, 1.165) is 29.5 Å². The largest absolute Gasteiger partial charge is 0.465 e. The highest BCUT2D eigenvalue weighted by molar-refractivity contribution is 5.92. The summed E-state index contributed by atoms with van der Waals surface area (Å²) in [6.45, 7) is 8.23. The summed E-state index contributed by atoms with van der Waals surface area (Å²) < 4.78 is 17.3. The Morgan fingerprint density at radius 1 is 1.00 bits per heavy atom. The topological polar surface area (TPSA) is 44.8 Å². The molecule has 1 aliphatic carbocycles. The third-order valence-corrected chi connectivity index (χ3v) is 5.89. The van der Waals surface area contributed by atoms with Crippen molar-refractivity contribution in [3.8, 4) is 0 Å². The molecular weight excluding hydrogens is 388 g/mol. The van der Waals surface area contributed by atoms with E-state index in [0.29, 0.717) is 32.0 Å². The number of esters is 1. The molecule has 0 heterocycles. The van der Waals surface area contributed by atoms with Crippen molar-refractivity contribution < 1.29 is 19.0 Å². The summed E-state index contributed by atoms with van der Waals surface area (Å²) in [4.78, 5) is 12.3. The third kappa shape index (κ3) is 6.16. The fourth-order valence-corrected chi connectivity index (χ4v) is 4.42. The molecule has 4 nitrogen and oxygen atoms in total. The van der Waals surface area contributed by atoms with Gasteiger partial charge in [0.05, 0.1) is 39.1 Å². The summed E-state index contributed by atoms with van der Waals surface area (Å²) in [6, 6.07) is 20.3. The van der Waals surface area contributed by atoms with Gasteiger partial charge in [-0.05, 0) is 29.9 Å². The van der Waals surface area contributed by atoms with Crippen LogP contribution in [0.4, 0.5) is 0 Å². The fraction of sp³-hybridized carbons (Fsp3) is 0.370. The Morgan fingerprint density at radius 3 is 1.97 bits per heavy atom. The Hall–Kier alpha value is -2.69. The third-order valence-electron chi connectivity index (χ3n) is 5.89. The van der Waals surface area contributed by atoms with Gasteiger partial charge in [0.2, 0.25) is 0 Å². The average Bonchev–Trinajstić information content (AvgIpc) is 3.11. The molecule has 3 rings (SSSR count). The number of hydrogen-bond acceptors (Lipinski definition) is 4. The quantitative estimate of drug-likeness (QED) is 0.376. The Kier molecular flexibility index (Phi) is 8.21. The van der Waals surface area contributed by atoms with E-state index in [1.54, 1.807) is 6.08 Å². The van der Waals surface area contributed by atoms with Gasteiger partial charge in [0, 0.05) is 5.41 Å². The first-order chi connectivity index (χ1) is 15.1.